The second kappa shape index (κ2) is 8.25. The maximum absolute atomic E-state index is 12.6. The number of aliphatic imine (C=N–C) groups is 1. The van der Waals surface area contributed by atoms with Crippen molar-refractivity contribution in [3.63, 3.8) is 0 Å². The second-order valence-electron chi connectivity index (χ2n) is 6.05. The Morgan fingerprint density at radius 3 is 2.50 bits per heavy atom. The van der Waals surface area contributed by atoms with Crippen molar-refractivity contribution in [2.75, 3.05) is 26.7 Å². The van der Waals surface area contributed by atoms with Gasteiger partial charge in [-0.15, -0.1) is 0 Å². The molecule has 1 fully saturated rings. The highest BCUT2D eigenvalue weighted by Gasteiger charge is 2.50. The van der Waals surface area contributed by atoms with Gasteiger partial charge in [-0.1, -0.05) is 0 Å². The molecule has 1 saturated heterocycles. The summed E-state index contributed by atoms with van der Waals surface area (Å²) in [6, 6.07) is 1.87. The predicted molar refractivity (Wildman–Crippen MR) is 90.7 cm³/mol. The van der Waals surface area contributed by atoms with Gasteiger partial charge >= 0.3 is 15.5 Å². The monoisotopic (exact) mass is 396 g/mol. The first kappa shape index (κ1) is 20.5. The molecule has 26 heavy (non-hydrogen) atoms. The number of nitrogens with zero attached hydrogens (tertiary/aromatic N) is 4. The molecule has 148 valence electrons. The van der Waals surface area contributed by atoms with Crippen LogP contribution in [0.1, 0.15) is 18.5 Å². The number of nitrogens with one attached hydrogen (secondary N) is 2. The maximum atomic E-state index is 12.6. The van der Waals surface area contributed by atoms with Crippen LogP contribution in [0.25, 0.3) is 0 Å². The van der Waals surface area contributed by atoms with Crippen LogP contribution in [0.3, 0.4) is 0 Å². The van der Waals surface area contributed by atoms with Gasteiger partial charge < -0.3 is 10.6 Å². The highest BCUT2D eigenvalue weighted by Crippen LogP contribution is 2.30. The number of aryl methyl sites for hydroxylation is 1. The third kappa shape index (κ3) is 4.87. The second-order valence-corrected chi connectivity index (χ2v) is 7.98. The Morgan fingerprint density at radius 1 is 1.35 bits per heavy atom. The summed E-state index contributed by atoms with van der Waals surface area (Å²) in [6.45, 7) is 0.772. The van der Waals surface area contributed by atoms with Crippen LogP contribution in [-0.4, -0.2) is 60.7 Å². The Kier molecular flexibility index (Phi) is 6.50. The molecular weight excluding hydrogens is 373 g/mol. The number of alkyl halides is 3. The van der Waals surface area contributed by atoms with Crippen molar-refractivity contribution in [1.29, 1.82) is 0 Å². The summed E-state index contributed by atoms with van der Waals surface area (Å²) >= 11 is 0. The van der Waals surface area contributed by atoms with Crippen LogP contribution >= 0.6 is 0 Å². The average Bonchev–Trinajstić information content (AvgIpc) is 2.99. The SMILES string of the molecule is CN=C(NCc1ccnn1C)NCC1CCN(S(=O)(=O)C(F)(F)F)CC1. The summed E-state index contributed by atoms with van der Waals surface area (Å²) in [5.74, 6) is 0.640. The van der Waals surface area contributed by atoms with E-state index in [-0.39, 0.29) is 19.0 Å². The lowest BCUT2D eigenvalue weighted by molar-refractivity contribution is -0.0496. The van der Waals surface area contributed by atoms with Gasteiger partial charge in [-0.3, -0.25) is 9.67 Å². The number of halogens is 3. The standard InChI is InChI=1S/C14H23F3N6O2S/c1-18-13(20-10-12-3-6-21-22(12)2)19-9-11-4-7-23(8-5-11)26(24,25)14(15,16)17/h3,6,11H,4-5,7-10H2,1-2H3,(H2,18,19,20). The van der Waals surface area contributed by atoms with E-state index in [4.69, 9.17) is 0 Å². The van der Waals surface area contributed by atoms with Crippen LogP contribution in [0.2, 0.25) is 0 Å². The smallest absolute Gasteiger partial charge is 0.356 e. The topological polar surface area (TPSA) is 91.6 Å². The van der Waals surface area contributed by atoms with Crippen LogP contribution in [0.15, 0.2) is 17.3 Å². The van der Waals surface area contributed by atoms with Crippen LogP contribution in [0.5, 0.6) is 0 Å². The molecule has 0 radical (unpaired) electrons. The molecule has 1 aliphatic rings. The zero-order chi connectivity index (χ0) is 19.4. The minimum Gasteiger partial charge on any atom is -0.356 e. The fraction of sp³-hybridized carbons (Fsp3) is 0.714. The van der Waals surface area contributed by atoms with E-state index in [0.29, 0.717) is 36.2 Å². The summed E-state index contributed by atoms with van der Waals surface area (Å²) in [5.41, 5.74) is -4.27. The van der Waals surface area contributed by atoms with Gasteiger partial charge in [0.05, 0.1) is 12.2 Å². The fourth-order valence-electron chi connectivity index (χ4n) is 2.71. The Hall–Kier alpha value is -1.82. The normalized spacial score (nSPS) is 18.1. The van der Waals surface area contributed by atoms with Gasteiger partial charge in [-0.25, -0.2) is 8.42 Å². The largest absolute Gasteiger partial charge is 0.511 e. The summed E-state index contributed by atoms with van der Waals surface area (Å²) in [7, 11) is -1.78. The molecule has 0 spiro atoms. The minimum absolute atomic E-state index is 0.0740. The van der Waals surface area contributed by atoms with Crippen molar-refractivity contribution in [3.8, 4) is 0 Å². The van der Waals surface area contributed by atoms with Crippen LogP contribution in [0, 0.1) is 5.92 Å². The molecule has 1 aromatic rings. The van der Waals surface area contributed by atoms with E-state index >= 15 is 0 Å². The number of sulfonamides is 1. The maximum Gasteiger partial charge on any atom is 0.511 e. The summed E-state index contributed by atoms with van der Waals surface area (Å²) in [6.07, 6.45) is 2.41. The third-order valence-corrected chi connectivity index (χ3v) is 5.98. The van der Waals surface area contributed by atoms with Crippen molar-refractivity contribution in [3.05, 3.63) is 18.0 Å². The van der Waals surface area contributed by atoms with Crippen LogP contribution < -0.4 is 10.6 Å². The van der Waals surface area contributed by atoms with Crippen molar-refractivity contribution >= 4 is 16.0 Å². The lowest BCUT2D eigenvalue weighted by Gasteiger charge is -2.31. The first-order valence-corrected chi connectivity index (χ1v) is 9.57. The highest BCUT2D eigenvalue weighted by molar-refractivity contribution is 7.90. The van der Waals surface area contributed by atoms with E-state index in [1.54, 1.807) is 17.9 Å². The van der Waals surface area contributed by atoms with Gasteiger partial charge in [0.2, 0.25) is 0 Å². The first-order valence-electron chi connectivity index (χ1n) is 8.13. The molecule has 1 aliphatic heterocycles. The average molecular weight is 396 g/mol. The summed E-state index contributed by atoms with van der Waals surface area (Å²) in [5, 5.41) is 10.3. The van der Waals surface area contributed by atoms with E-state index < -0.39 is 15.5 Å². The minimum atomic E-state index is -5.24. The number of rotatable bonds is 5. The predicted octanol–water partition coefficient (Wildman–Crippen LogP) is 0.647. The van der Waals surface area contributed by atoms with Crippen molar-refractivity contribution in [2.45, 2.75) is 24.9 Å². The van der Waals surface area contributed by atoms with E-state index in [2.05, 4.69) is 20.7 Å². The van der Waals surface area contributed by atoms with Crippen LogP contribution in [-0.2, 0) is 23.6 Å². The van der Waals surface area contributed by atoms with Gasteiger partial charge in [0.25, 0.3) is 0 Å². The molecule has 8 nitrogen and oxygen atoms in total. The molecule has 0 saturated carbocycles. The molecule has 0 aromatic carbocycles. The van der Waals surface area contributed by atoms with Crippen LogP contribution in [0.4, 0.5) is 13.2 Å². The Bertz CT molecular complexity index is 723. The summed E-state index contributed by atoms with van der Waals surface area (Å²) < 4.78 is 62.8. The number of piperidine rings is 1. The molecule has 0 atom stereocenters. The first-order chi connectivity index (χ1) is 12.1. The molecule has 12 heteroatoms. The van der Waals surface area contributed by atoms with Gasteiger partial charge in [0, 0.05) is 39.9 Å². The number of hydrogen-bond acceptors (Lipinski definition) is 4. The number of aromatic nitrogens is 2. The zero-order valence-electron chi connectivity index (χ0n) is 14.6. The van der Waals surface area contributed by atoms with E-state index in [1.165, 1.54) is 0 Å². The molecule has 0 aliphatic carbocycles. The number of hydrogen-bond donors (Lipinski definition) is 2. The third-order valence-electron chi connectivity index (χ3n) is 4.35. The Balaban J connectivity index is 1.77. The molecule has 2 rings (SSSR count). The van der Waals surface area contributed by atoms with Gasteiger partial charge in [0.15, 0.2) is 5.96 Å². The van der Waals surface area contributed by atoms with Crippen molar-refractivity contribution in [2.24, 2.45) is 18.0 Å². The molecule has 2 N–H and O–H groups in total. The fourth-order valence-corrected chi connectivity index (χ4v) is 3.70. The number of guanidine groups is 1. The molecule has 2 heterocycles. The molecule has 0 unspecified atom stereocenters. The lowest BCUT2D eigenvalue weighted by Crippen LogP contribution is -2.47. The van der Waals surface area contributed by atoms with Gasteiger partial charge in [-0.05, 0) is 24.8 Å². The molecular formula is C14H23F3N6O2S. The Morgan fingerprint density at radius 2 is 2.00 bits per heavy atom. The van der Waals surface area contributed by atoms with Gasteiger partial charge in [-0.2, -0.15) is 22.6 Å². The summed E-state index contributed by atoms with van der Waals surface area (Å²) in [4.78, 5) is 4.10. The Labute approximate surface area is 150 Å². The van der Waals surface area contributed by atoms with Gasteiger partial charge in [0.1, 0.15) is 0 Å². The van der Waals surface area contributed by atoms with E-state index in [1.807, 2.05) is 13.1 Å². The lowest BCUT2D eigenvalue weighted by atomic mass is 9.98. The van der Waals surface area contributed by atoms with E-state index in [0.717, 1.165) is 5.69 Å². The van der Waals surface area contributed by atoms with E-state index in [9.17, 15) is 21.6 Å². The quantitative estimate of drug-likeness (QED) is 0.563. The molecule has 0 bridgehead atoms. The molecule has 1 aromatic heterocycles. The van der Waals surface area contributed by atoms with Crippen molar-refractivity contribution in [1.82, 2.24) is 24.7 Å². The highest BCUT2D eigenvalue weighted by atomic mass is 32.2. The molecule has 0 amide bonds. The zero-order valence-corrected chi connectivity index (χ0v) is 15.4. The van der Waals surface area contributed by atoms with Crippen molar-refractivity contribution < 1.29 is 21.6 Å².